The molecule has 3 rings (SSSR count). The van der Waals surface area contributed by atoms with Gasteiger partial charge in [0.1, 0.15) is 0 Å². The normalized spacial score (nSPS) is 15.5. The van der Waals surface area contributed by atoms with Crippen molar-refractivity contribution in [1.82, 2.24) is 24.9 Å². The Morgan fingerprint density at radius 3 is 2.40 bits per heavy atom. The van der Waals surface area contributed by atoms with Gasteiger partial charge in [0.25, 0.3) is 5.91 Å². The zero-order valence-corrected chi connectivity index (χ0v) is 15.7. The van der Waals surface area contributed by atoms with E-state index in [1.807, 2.05) is 38.9 Å². The maximum absolute atomic E-state index is 12.7. The van der Waals surface area contributed by atoms with E-state index in [1.165, 1.54) is 0 Å². The van der Waals surface area contributed by atoms with E-state index in [9.17, 15) is 4.79 Å². The average Bonchev–Trinajstić information content (AvgIpc) is 2.95. The highest BCUT2D eigenvalue weighted by atomic mass is 16.2. The molecular formula is C18H26N6O. The van der Waals surface area contributed by atoms with Crippen LogP contribution in [0.4, 0.5) is 5.82 Å². The van der Waals surface area contributed by atoms with Crippen molar-refractivity contribution in [3.05, 3.63) is 34.8 Å². The molecule has 0 spiro atoms. The third-order valence-electron chi connectivity index (χ3n) is 5.21. The smallest absolute Gasteiger partial charge is 0.274 e. The first-order valence-electron chi connectivity index (χ1n) is 8.70. The summed E-state index contributed by atoms with van der Waals surface area (Å²) in [5.41, 5.74) is 3.63. The predicted molar refractivity (Wildman–Crippen MR) is 96.8 cm³/mol. The molecule has 7 nitrogen and oxygen atoms in total. The molecule has 2 aromatic rings. The number of carbonyl (C=O) groups is 1. The topological polar surface area (TPSA) is 67.2 Å². The van der Waals surface area contributed by atoms with E-state index in [4.69, 9.17) is 0 Å². The highest BCUT2D eigenvalue weighted by molar-refractivity contribution is 5.92. The summed E-state index contributed by atoms with van der Waals surface area (Å²) in [6.45, 7) is 7.73. The molecule has 0 bridgehead atoms. The van der Waals surface area contributed by atoms with Crippen LogP contribution >= 0.6 is 0 Å². The van der Waals surface area contributed by atoms with Gasteiger partial charge in [0.2, 0.25) is 0 Å². The number of hydrogen-bond acceptors (Lipinski definition) is 5. The van der Waals surface area contributed by atoms with Crippen LogP contribution in [0, 0.1) is 20.8 Å². The molecule has 0 saturated carbocycles. The van der Waals surface area contributed by atoms with E-state index in [-0.39, 0.29) is 11.9 Å². The number of carbonyl (C=O) groups excluding carboxylic acids is 1. The number of piperidine rings is 1. The van der Waals surface area contributed by atoms with Gasteiger partial charge in [-0.2, -0.15) is 10.2 Å². The van der Waals surface area contributed by atoms with Crippen molar-refractivity contribution in [3.8, 4) is 0 Å². The second-order valence-electron chi connectivity index (χ2n) is 6.90. The van der Waals surface area contributed by atoms with Crippen molar-refractivity contribution >= 4 is 11.7 Å². The summed E-state index contributed by atoms with van der Waals surface area (Å²) < 4.78 is 1.74. The van der Waals surface area contributed by atoms with Crippen molar-refractivity contribution in [2.24, 2.45) is 7.05 Å². The first-order valence-corrected chi connectivity index (χ1v) is 8.70. The van der Waals surface area contributed by atoms with Crippen LogP contribution < -0.4 is 4.90 Å². The molecule has 1 saturated heterocycles. The van der Waals surface area contributed by atoms with Gasteiger partial charge in [-0.3, -0.25) is 9.48 Å². The molecule has 0 radical (unpaired) electrons. The van der Waals surface area contributed by atoms with E-state index in [1.54, 1.807) is 4.68 Å². The Kier molecular flexibility index (Phi) is 4.74. The van der Waals surface area contributed by atoms with Crippen LogP contribution in [0.25, 0.3) is 0 Å². The predicted octanol–water partition coefficient (Wildman–Crippen LogP) is 1.88. The van der Waals surface area contributed by atoms with Crippen LogP contribution in [0.15, 0.2) is 12.1 Å². The number of amides is 1. The Labute approximate surface area is 148 Å². The third kappa shape index (κ3) is 3.50. The standard InChI is InChI=1S/C18H26N6O/c1-12-10-17(20-19-14(12)3)24-8-6-15(7-9-24)22(4)18(25)16-11-13(2)23(5)21-16/h10-11,15H,6-9H2,1-5H3. The van der Waals surface area contributed by atoms with Crippen molar-refractivity contribution in [1.29, 1.82) is 0 Å². The lowest BCUT2D eigenvalue weighted by Gasteiger charge is -2.37. The van der Waals surface area contributed by atoms with Crippen molar-refractivity contribution < 1.29 is 4.79 Å². The summed E-state index contributed by atoms with van der Waals surface area (Å²) in [6, 6.07) is 4.16. The van der Waals surface area contributed by atoms with E-state index < -0.39 is 0 Å². The zero-order valence-electron chi connectivity index (χ0n) is 15.7. The van der Waals surface area contributed by atoms with E-state index in [2.05, 4.69) is 33.2 Å². The van der Waals surface area contributed by atoms with Gasteiger partial charge < -0.3 is 9.80 Å². The van der Waals surface area contributed by atoms with Crippen LogP contribution in [-0.4, -0.2) is 57.0 Å². The fourth-order valence-electron chi connectivity index (χ4n) is 3.18. The maximum Gasteiger partial charge on any atom is 0.274 e. The summed E-state index contributed by atoms with van der Waals surface area (Å²) >= 11 is 0. The Morgan fingerprint density at radius 1 is 1.16 bits per heavy atom. The summed E-state index contributed by atoms with van der Waals surface area (Å²) in [6.07, 6.45) is 1.84. The van der Waals surface area contributed by atoms with Gasteiger partial charge in [0.05, 0.1) is 5.69 Å². The number of anilines is 1. The first kappa shape index (κ1) is 17.4. The molecule has 1 fully saturated rings. The van der Waals surface area contributed by atoms with Crippen molar-refractivity contribution in [2.45, 2.75) is 39.7 Å². The van der Waals surface area contributed by atoms with Crippen molar-refractivity contribution in [2.75, 3.05) is 25.0 Å². The molecule has 1 aliphatic heterocycles. The minimum Gasteiger partial charge on any atom is -0.355 e. The van der Waals surface area contributed by atoms with Gasteiger partial charge >= 0.3 is 0 Å². The number of hydrogen-bond donors (Lipinski definition) is 0. The zero-order chi connectivity index (χ0) is 18.1. The highest BCUT2D eigenvalue weighted by Crippen LogP contribution is 2.22. The molecule has 25 heavy (non-hydrogen) atoms. The number of rotatable bonds is 3. The van der Waals surface area contributed by atoms with Gasteiger partial charge in [-0.05, 0) is 51.3 Å². The lowest BCUT2D eigenvalue weighted by Crippen LogP contribution is -2.46. The van der Waals surface area contributed by atoms with Gasteiger partial charge in [0, 0.05) is 38.9 Å². The van der Waals surface area contributed by atoms with Crippen LogP contribution in [0.5, 0.6) is 0 Å². The molecule has 2 aromatic heterocycles. The Balaban J connectivity index is 1.63. The molecular weight excluding hydrogens is 316 g/mol. The molecule has 1 amide bonds. The molecule has 7 heteroatoms. The fraction of sp³-hybridized carbons (Fsp3) is 0.556. The maximum atomic E-state index is 12.7. The molecule has 0 aliphatic carbocycles. The second-order valence-corrected chi connectivity index (χ2v) is 6.90. The number of aromatic nitrogens is 4. The SMILES string of the molecule is Cc1cc(N2CCC(N(C)C(=O)c3cc(C)n(C)n3)CC2)nnc1C. The quantitative estimate of drug-likeness (QED) is 0.852. The summed E-state index contributed by atoms with van der Waals surface area (Å²) in [7, 11) is 3.73. The first-order chi connectivity index (χ1) is 11.9. The molecule has 0 aromatic carbocycles. The summed E-state index contributed by atoms with van der Waals surface area (Å²) in [5, 5.41) is 12.8. The van der Waals surface area contributed by atoms with Crippen molar-refractivity contribution in [3.63, 3.8) is 0 Å². The largest absolute Gasteiger partial charge is 0.355 e. The summed E-state index contributed by atoms with van der Waals surface area (Å²) in [5.74, 6) is 0.920. The van der Waals surface area contributed by atoms with Gasteiger partial charge in [0.15, 0.2) is 11.5 Å². The van der Waals surface area contributed by atoms with Gasteiger partial charge in [-0.25, -0.2) is 0 Å². The Morgan fingerprint density at radius 2 is 1.84 bits per heavy atom. The number of aryl methyl sites for hydroxylation is 4. The summed E-state index contributed by atoms with van der Waals surface area (Å²) in [4.78, 5) is 16.7. The number of nitrogens with zero attached hydrogens (tertiary/aromatic N) is 6. The van der Waals surface area contributed by atoms with Crippen LogP contribution in [0.3, 0.4) is 0 Å². The Hall–Kier alpha value is -2.44. The molecule has 0 unspecified atom stereocenters. The van der Waals surface area contributed by atoms with E-state index in [0.29, 0.717) is 5.69 Å². The lowest BCUT2D eigenvalue weighted by molar-refractivity contribution is 0.0702. The van der Waals surface area contributed by atoms with Crippen LogP contribution in [-0.2, 0) is 7.05 Å². The Bertz CT molecular complexity index is 756. The highest BCUT2D eigenvalue weighted by Gasteiger charge is 2.28. The van der Waals surface area contributed by atoms with E-state index in [0.717, 1.165) is 48.7 Å². The third-order valence-corrected chi connectivity index (χ3v) is 5.21. The van der Waals surface area contributed by atoms with E-state index >= 15 is 0 Å². The fourth-order valence-corrected chi connectivity index (χ4v) is 3.18. The van der Waals surface area contributed by atoms with Crippen LogP contribution in [0.2, 0.25) is 0 Å². The minimum atomic E-state index is -0.00637. The van der Waals surface area contributed by atoms with Gasteiger partial charge in [-0.1, -0.05) is 0 Å². The average molecular weight is 342 g/mol. The van der Waals surface area contributed by atoms with Crippen LogP contribution in [0.1, 0.15) is 40.3 Å². The molecule has 0 atom stereocenters. The monoisotopic (exact) mass is 342 g/mol. The molecule has 134 valence electrons. The molecule has 0 N–H and O–H groups in total. The molecule has 3 heterocycles. The minimum absolute atomic E-state index is 0.00637. The van der Waals surface area contributed by atoms with Gasteiger partial charge in [-0.15, -0.1) is 5.10 Å². The lowest BCUT2D eigenvalue weighted by atomic mass is 10.0. The molecule has 1 aliphatic rings. The second kappa shape index (κ2) is 6.82.